The molecule has 0 aliphatic rings. The molecular formula is C19H29F2N3O3. The molecule has 0 aliphatic carbocycles. The van der Waals surface area contributed by atoms with E-state index >= 15 is 0 Å². The number of para-hydroxylation sites is 1. The fourth-order valence-corrected chi connectivity index (χ4v) is 2.41. The second kappa shape index (κ2) is 13.8. The molecule has 1 aromatic carbocycles. The molecule has 1 aromatic rings. The Hall–Kier alpha value is -2.38. The van der Waals surface area contributed by atoms with Crippen molar-refractivity contribution in [3.05, 3.63) is 29.8 Å². The first-order valence-corrected chi connectivity index (χ1v) is 9.18. The predicted molar refractivity (Wildman–Crippen MR) is 101 cm³/mol. The van der Waals surface area contributed by atoms with Crippen LogP contribution < -0.4 is 15.4 Å². The number of carbonyl (C=O) groups excluding carboxylic acids is 1. The second-order valence-corrected chi connectivity index (χ2v) is 5.85. The van der Waals surface area contributed by atoms with Gasteiger partial charge in [0.1, 0.15) is 5.75 Å². The monoisotopic (exact) mass is 385 g/mol. The van der Waals surface area contributed by atoms with E-state index in [9.17, 15) is 13.6 Å². The molecule has 8 heteroatoms. The largest absolute Gasteiger partial charge is 0.469 e. The molecule has 27 heavy (non-hydrogen) atoms. The molecule has 0 aliphatic heterocycles. The van der Waals surface area contributed by atoms with E-state index in [4.69, 9.17) is 0 Å². The summed E-state index contributed by atoms with van der Waals surface area (Å²) in [6.07, 6.45) is 4.17. The van der Waals surface area contributed by atoms with Crippen LogP contribution in [0.5, 0.6) is 5.75 Å². The molecule has 0 unspecified atom stereocenters. The number of nitrogens with one attached hydrogen (secondary N) is 2. The lowest BCUT2D eigenvalue weighted by atomic mass is 10.1. The van der Waals surface area contributed by atoms with Gasteiger partial charge in [-0.05, 0) is 25.8 Å². The summed E-state index contributed by atoms with van der Waals surface area (Å²) in [6, 6.07) is 6.63. The highest BCUT2D eigenvalue weighted by molar-refractivity contribution is 5.79. The van der Waals surface area contributed by atoms with Gasteiger partial charge in [0.15, 0.2) is 5.96 Å². The summed E-state index contributed by atoms with van der Waals surface area (Å²) in [6.45, 7) is 0.759. The van der Waals surface area contributed by atoms with Crippen LogP contribution in [0.15, 0.2) is 29.3 Å². The van der Waals surface area contributed by atoms with Crippen LogP contribution >= 0.6 is 0 Å². The number of esters is 1. The molecule has 0 saturated heterocycles. The van der Waals surface area contributed by atoms with Gasteiger partial charge in [0.2, 0.25) is 0 Å². The van der Waals surface area contributed by atoms with Crippen molar-refractivity contribution in [1.82, 2.24) is 10.6 Å². The summed E-state index contributed by atoms with van der Waals surface area (Å²) in [5.41, 5.74) is 0.595. The van der Waals surface area contributed by atoms with Crippen molar-refractivity contribution in [1.29, 1.82) is 0 Å². The first kappa shape index (κ1) is 22.7. The molecule has 0 heterocycles. The van der Waals surface area contributed by atoms with E-state index in [2.05, 4.69) is 25.1 Å². The highest BCUT2D eigenvalue weighted by Crippen LogP contribution is 2.20. The van der Waals surface area contributed by atoms with E-state index in [-0.39, 0.29) is 18.3 Å². The van der Waals surface area contributed by atoms with E-state index in [0.29, 0.717) is 24.5 Å². The van der Waals surface area contributed by atoms with Gasteiger partial charge in [-0.2, -0.15) is 8.78 Å². The predicted octanol–water partition coefficient (Wildman–Crippen LogP) is 3.47. The third-order valence-corrected chi connectivity index (χ3v) is 3.77. The molecule has 0 bridgehead atoms. The highest BCUT2D eigenvalue weighted by atomic mass is 19.3. The van der Waals surface area contributed by atoms with Crippen molar-refractivity contribution >= 4 is 11.9 Å². The maximum atomic E-state index is 12.5. The number of carbonyl (C=O) groups is 1. The number of rotatable bonds is 12. The van der Waals surface area contributed by atoms with Crippen molar-refractivity contribution in [3.63, 3.8) is 0 Å². The van der Waals surface area contributed by atoms with Crippen LogP contribution in [-0.2, 0) is 16.1 Å². The summed E-state index contributed by atoms with van der Waals surface area (Å²) in [4.78, 5) is 15.5. The average Bonchev–Trinajstić information content (AvgIpc) is 2.65. The lowest BCUT2D eigenvalue weighted by Crippen LogP contribution is -2.37. The Labute approximate surface area is 159 Å². The molecule has 0 atom stereocenters. The Kier molecular flexibility index (Phi) is 11.6. The van der Waals surface area contributed by atoms with Crippen molar-refractivity contribution in [2.75, 3.05) is 20.2 Å². The molecule has 0 amide bonds. The SMILES string of the molecule is CCNC(=NCc1ccccc1OC(F)F)NCCCCCCC(=O)OC. The number of hydrogen-bond donors (Lipinski definition) is 2. The number of guanidine groups is 1. The zero-order chi connectivity index (χ0) is 19.9. The average molecular weight is 385 g/mol. The third-order valence-electron chi connectivity index (χ3n) is 3.77. The number of alkyl halides is 2. The fourth-order valence-electron chi connectivity index (χ4n) is 2.41. The fraction of sp³-hybridized carbons (Fsp3) is 0.579. The summed E-state index contributed by atoms with van der Waals surface area (Å²) < 4.78 is 34.1. The molecule has 0 spiro atoms. The zero-order valence-corrected chi connectivity index (χ0v) is 16.0. The quantitative estimate of drug-likeness (QED) is 0.250. The number of nitrogens with zero attached hydrogens (tertiary/aromatic N) is 1. The molecule has 0 radical (unpaired) electrons. The van der Waals surface area contributed by atoms with Gasteiger partial charge in [0, 0.05) is 25.1 Å². The van der Waals surface area contributed by atoms with Gasteiger partial charge in [-0.15, -0.1) is 0 Å². The van der Waals surface area contributed by atoms with Crippen LogP contribution in [0.2, 0.25) is 0 Å². The van der Waals surface area contributed by atoms with Crippen LogP contribution in [0, 0.1) is 0 Å². The summed E-state index contributed by atoms with van der Waals surface area (Å²) >= 11 is 0. The number of ether oxygens (including phenoxy) is 2. The maximum Gasteiger partial charge on any atom is 0.387 e. The van der Waals surface area contributed by atoms with E-state index in [0.717, 1.165) is 32.2 Å². The summed E-state index contributed by atoms with van der Waals surface area (Å²) in [5.74, 6) is 0.586. The standard InChI is InChI=1S/C19H29F2N3O3/c1-3-22-19(23-13-9-5-4-6-12-17(25)26-2)24-14-15-10-7-8-11-16(15)27-18(20)21/h7-8,10-11,18H,3-6,9,12-14H2,1-2H3,(H2,22,23,24). The first-order valence-electron chi connectivity index (χ1n) is 9.18. The van der Waals surface area contributed by atoms with Gasteiger partial charge in [0.05, 0.1) is 13.7 Å². The lowest BCUT2D eigenvalue weighted by Gasteiger charge is -2.12. The van der Waals surface area contributed by atoms with Crippen LogP contribution in [0.3, 0.4) is 0 Å². The normalized spacial score (nSPS) is 11.4. The third kappa shape index (κ3) is 10.4. The highest BCUT2D eigenvalue weighted by Gasteiger charge is 2.09. The van der Waals surface area contributed by atoms with Gasteiger partial charge in [-0.25, -0.2) is 4.99 Å². The zero-order valence-electron chi connectivity index (χ0n) is 16.0. The topological polar surface area (TPSA) is 72.0 Å². The van der Waals surface area contributed by atoms with Gasteiger partial charge < -0.3 is 20.1 Å². The molecule has 0 aromatic heterocycles. The van der Waals surface area contributed by atoms with Crippen molar-refractivity contribution < 1.29 is 23.0 Å². The number of aliphatic imine (C=N–C) groups is 1. The van der Waals surface area contributed by atoms with E-state index in [1.54, 1.807) is 18.2 Å². The Morgan fingerprint density at radius 2 is 1.89 bits per heavy atom. The second-order valence-electron chi connectivity index (χ2n) is 5.85. The molecule has 6 nitrogen and oxygen atoms in total. The maximum absolute atomic E-state index is 12.5. The smallest absolute Gasteiger partial charge is 0.387 e. The minimum Gasteiger partial charge on any atom is -0.469 e. The molecule has 0 fully saturated rings. The minimum absolute atomic E-state index is 0.137. The summed E-state index contributed by atoms with van der Waals surface area (Å²) in [5, 5.41) is 6.35. The van der Waals surface area contributed by atoms with Crippen LogP contribution in [0.25, 0.3) is 0 Å². The van der Waals surface area contributed by atoms with E-state index in [1.165, 1.54) is 13.2 Å². The number of benzene rings is 1. The summed E-state index contributed by atoms with van der Waals surface area (Å²) in [7, 11) is 1.39. The van der Waals surface area contributed by atoms with E-state index < -0.39 is 6.61 Å². The Balaban J connectivity index is 2.41. The number of unbranched alkanes of at least 4 members (excludes halogenated alkanes) is 3. The molecule has 1 rings (SSSR count). The van der Waals surface area contributed by atoms with Gasteiger partial charge in [0.25, 0.3) is 0 Å². The van der Waals surface area contributed by atoms with Gasteiger partial charge in [-0.1, -0.05) is 31.0 Å². The van der Waals surface area contributed by atoms with Crippen molar-refractivity contribution in [2.45, 2.75) is 52.2 Å². The van der Waals surface area contributed by atoms with Crippen LogP contribution in [-0.4, -0.2) is 38.7 Å². The Morgan fingerprint density at radius 3 is 2.59 bits per heavy atom. The molecule has 152 valence electrons. The number of methoxy groups -OCH3 is 1. The van der Waals surface area contributed by atoms with Crippen LogP contribution in [0.4, 0.5) is 8.78 Å². The van der Waals surface area contributed by atoms with E-state index in [1.807, 2.05) is 6.92 Å². The van der Waals surface area contributed by atoms with Gasteiger partial charge >= 0.3 is 12.6 Å². The Bertz CT molecular complexity index is 583. The molecular weight excluding hydrogens is 356 g/mol. The number of hydrogen-bond acceptors (Lipinski definition) is 4. The molecule has 2 N–H and O–H groups in total. The van der Waals surface area contributed by atoms with Crippen LogP contribution in [0.1, 0.15) is 44.6 Å². The number of halogens is 2. The lowest BCUT2D eigenvalue weighted by molar-refractivity contribution is -0.140. The Morgan fingerprint density at radius 1 is 1.15 bits per heavy atom. The van der Waals surface area contributed by atoms with Gasteiger partial charge in [-0.3, -0.25) is 4.79 Å². The minimum atomic E-state index is -2.86. The van der Waals surface area contributed by atoms with Crippen molar-refractivity contribution in [2.24, 2.45) is 4.99 Å². The van der Waals surface area contributed by atoms with Crippen molar-refractivity contribution in [3.8, 4) is 5.75 Å². The molecule has 0 saturated carbocycles. The first-order chi connectivity index (χ1) is 13.1.